The van der Waals surface area contributed by atoms with Crippen LogP contribution in [0.5, 0.6) is 0 Å². The lowest BCUT2D eigenvalue weighted by molar-refractivity contribution is -0.144. The first-order chi connectivity index (χ1) is 9.45. The van der Waals surface area contributed by atoms with Crippen LogP contribution in [0.15, 0.2) is 16.6 Å². The molecule has 0 aliphatic heterocycles. The zero-order valence-corrected chi connectivity index (χ0v) is 12.6. The molecule has 0 spiro atoms. The van der Waals surface area contributed by atoms with Crippen molar-refractivity contribution >= 4 is 27.7 Å². The van der Waals surface area contributed by atoms with Crippen LogP contribution < -0.4 is 0 Å². The van der Waals surface area contributed by atoms with E-state index >= 15 is 0 Å². The topological polar surface area (TPSA) is 43.4 Å². The molecule has 0 aliphatic carbocycles. The predicted octanol–water partition coefficient (Wildman–Crippen LogP) is 3.57. The van der Waals surface area contributed by atoms with Crippen LogP contribution in [-0.2, 0) is 20.7 Å². The van der Waals surface area contributed by atoms with Crippen molar-refractivity contribution in [1.82, 2.24) is 0 Å². The second kappa shape index (κ2) is 8.09. The van der Waals surface area contributed by atoms with Gasteiger partial charge in [-0.1, -0.05) is 0 Å². The molecule has 0 bridgehead atoms. The van der Waals surface area contributed by atoms with Gasteiger partial charge in [0.25, 0.3) is 0 Å². The Labute approximate surface area is 124 Å². The molecular formula is C14H15BrF2O3. The van der Waals surface area contributed by atoms with Gasteiger partial charge in [-0.05, 0) is 41.4 Å². The molecule has 20 heavy (non-hydrogen) atoms. The van der Waals surface area contributed by atoms with Crippen molar-refractivity contribution in [2.75, 3.05) is 6.61 Å². The Morgan fingerprint density at radius 1 is 1.20 bits per heavy atom. The van der Waals surface area contributed by atoms with Gasteiger partial charge in [-0.25, -0.2) is 8.78 Å². The van der Waals surface area contributed by atoms with Gasteiger partial charge in [0.05, 0.1) is 17.5 Å². The third-order valence-corrected chi connectivity index (χ3v) is 3.32. The molecule has 1 aromatic rings. The van der Waals surface area contributed by atoms with Gasteiger partial charge in [0.2, 0.25) is 0 Å². The standard InChI is InChI=1S/C14H15BrF2O3/c1-2-20-13(19)8-4-9(18)3-5-10-12(16)7-6-11(15)14(10)17/h6-7H,2-5,8H2,1H3. The lowest BCUT2D eigenvalue weighted by Crippen LogP contribution is -2.09. The zero-order valence-electron chi connectivity index (χ0n) is 11.0. The molecule has 0 aromatic heterocycles. The average molecular weight is 349 g/mol. The minimum atomic E-state index is -0.691. The van der Waals surface area contributed by atoms with E-state index < -0.39 is 17.6 Å². The summed E-state index contributed by atoms with van der Waals surface area (Å²) in [6.07, 6.45) is -0.0192. The first kappa shape index (κ1) is 16.8. The highest BCUT2D eigenvalue weighted by Crippen LogP contribution is 2.22. The van der Waals surface area contributed by atoms with E-state index in [0.717, 1.165) is 6.07 Å². The van der Waals surface area contributed by atoms with Crippen LogP contribution in [-0.4, -0.2) is 18.4 Å². The number of rotatable bonds is 7. The molecule has 0 radical (unpaired) electrons. The summed E-state index contributed by atoms with van der Waals surface area (Å²) in [5, 5.41) is 0. The summed E-state index contributed by atoms with van der Waals surface area (Å²) in [4.78, 5) is 22.6. The van der Waals surface area contributed by atoms with Gasteiger partial charge in [0.15, 0.2) is 0 Å². The molecule has 1 aromatic carbocycles. The summed E-state index contributed by atoms with van der Waals surface area (Å²) in [5.41, 5.74) is -0.121. The molecule has 0 N–H and O–H groups in total. The lowest BCUT2D eigenvalue weighted by atomic mass is 10.0. The quantitative estimate of drug-likeness (QED) is 0.558. The summed E-state index contributed by atoms with van der Waals surface area (Å²) in [7, 11) is 0. The fourth-order valence-electron chi connectivity index (χ4n) is 1.66. The smallest absolute Gasteiger partial charge is 0.306 e. The number of hydrogen-bond donors (Lipinski definition) is 0. The molecule has 0 saturated heterocycles. The zero-order chi connectivity index (χ0) is 15.1. The van der Waals surface area contributed by atoms with Crippen molar-refractivity contribution in [2.24, 2.45) is 0 Å². The van der Waals surface area contributed by atoms with Crippen molar-refractivity contribution in [2.45, 2.75) is 32.6 Å². The van der Waals surface area contributed by atoms with Crippen molar-refractivity contribution in [1.29, 1.82) is 0 Å². The second-order valence-corrected chi connectivity index (χ2v) is 5.02. The third kappa shape index (κ3) is 5.00. The molecule has 0 fully saturated rings. The maximum Gasteiger partial charge on any atom is 0.306 e. The molecule has 1 rings (SSSR count). The van der Waals surface area contributed by atoms with Crippen LogP contribution in [0.1, 0.15) is 31.7 Å². The van der Waals surface area contributed by atoms with Gasteiger partial charge in [-0.2, -0.15) is 0 Å². The fourth-order valence-corrected chi connectivity index (χ4v) is 2.03. The molecular weight excluding hydrogens is 334 g/mol. The Balaban J connectivity index is 2.49. The van der Waals surface area contributed by atoms with Crippen LogP contribution in [0.3, 0.4) is 0 Å². The van der Waals surface area contributed by atoms with E-state index in [4.69, 9.17) is 4.74 Å². The van der Waals surface area contributed by atoms with Gasteiger partial charge in [-0.15, -0.1) is 0 Å². The van der Waals surface area contributed by atoms with E-state index in [-0.39, 0.29) is 48.1 Å². The summed E-state index contributed by atoms with van der Waals surface area (Å²) < 4.78 is 32.0. The van der Waals surface area contributed by atoms with Gasteiger partial charge in [0.1, 0.15) is 17.4 Å². The molecule has 0 unspecified atom stereocenters. The van der Waals surface area contributed by atoms with Crippen LogP contribution in [0, 0.1) is 11.6 Å². The Morgan fingerprint density at radius 2 is 1.90 bits per heavy atom. The van der Waals surface area contributed by atoms with Crippen molar-refractivity contribution < 1.29 is 23.1 Å². The first-order valence-electron chi connectivity index (χ1n) is 6.25. The Kier molecular flexibility index (Phi) is 6.78. The van der Waals surface area contributed by atoms with Gasteiger partial charge < -0.3 is 4.74 Å². The van der Waals surface area contributed by atoms with E-state index in [2.05, 4.69) is 15.9 Å². The number of hydrogen-bond acceptors (Lipinski definition) is 3. The van der Waals surface area contributed by atoms with Crippen LogP contribution in [0.2, 0.25) is 0 Å². The molecule has 110 valence electrons. The summed E-state index contributed by atoms with van der Waals surface area (Å²) in [6.45, 7) is 1.94. The largest absolute Gasteiger partial charge is 0.466 e. The number of carbonyl (C=O) groups excluding carboxylic acids is 2. The van der Waals surface area contributed by atoms with Gasteiger partial charge >= 0.3 is 5.97 Å². The maximum absolute atomic E-state index is 13.7. The SMILES string of the molecule is CCOC(=O)CCC(=O)CCc1c(F)ccc(Br)c1F. The number of ketones is 1. The summed E-state index contributed by atoms with van der Waals surface area (Å²) in [6, 6.07) is 2.42. The maximum atomic E-state index is 13.7. The Bertz CT molecular complexity index is 503. The van der Waals surface area contributed by atoms with Crippen LogP contribution in [0.4, 0.5) is 8.78 Å². The van der Waals surface area contributed by atoms with Crippen molar-refractivity contribution in [3.8, 4) is 0 Å². The molecule has 0 heterocycles. The predicted molar refractivity (Wildman–Crippen MR) is 73.3 cm³/mol. The highest BCUT2D eigenvalue weighted by atomic mass is 79.9. The molecule has 0 amide bonds. The minimum Gasteiger partial charge on any atom is -0.466 e. The number of ether oxygens (including phenoxy) is 1. The van der Waals surface area contributed by atoms with Crippen LogP contribution in [0.25, 0.3) is 0 Å². The highest BCUT2D eigenvalue weighted by molar-refractivity contribution is 9.10. The monoisotopic (exact) mass is 348 g/mol. The average Bonchev–Trinajstić information content (AvgIpc) is 2.41. The van der Waals surface area contributed by atoms with Crippen molar-refractivity contribution in [3.05, 3.63) is 33.8 Å². The first-order valence-corrected chi connectivity index (χ1v) is 7.04. The van der Waals surface area contributed by atoms with E-state index in [1.165, 1.54) is 6.07 Å². The van der Waals surface area contributed by atoms with E-state index in [9.17, 15) is 18.4 Å². The Morgan fingerprint density at radius 3 is 2.55 bits per heavy atom. The minimum absolute atomic E-state index is 0.00385. The van der Waals surface area contributed by atoms with E-state index in [1.807, 2.05) is 0 Å². The third-order valence-electron chi connectivity index (χ3n) is 2.71. The number of esters is 1. The number of halogens is 3. The van der Waals surface area contributed by atoms with Gasteiger partial charge in [0, 0.05) is 18.4 Å². The number of carbonyl (C=O) groups is 2. The number of Topliss-reactive ketones (excluding diaryl/α,β-unsaturated/α-hetero) is 1. The molecule has 0 aliphatic rings. The van der Waals surface area contributed by atoms with Gasteiger partial charge in [-0.3, -0.25) is 9.59 Å². The Hall–Kier alpha value is -1.30. The lowest BCUT2D eigenvalue weighted by Gasteiger charge is -2.06. The summed E-state index contributed by atoms with van der Waals surface area (Å²) in [5.74, 6) is -2.04. The normalized spacial score (nSPS) is 10.4. The van der Waals surface area contributed by atoms with E-state index in [0.29, 0.717) is 0 Å². The fraction of sp³-hybridized carbons (Fsp3) is 0.429. The molecule has 0 saturated carbocycles. The van der Waals surface area contributed by atoms with Crippen molar-refractivity contribution in [3.63, 3.8) is 0 Å². The number of benzene rings is 1. The highest BCUT2D eigenvalue weighted by Gasteiger charge is 2.14. The molecule has 0 atom stereocenters. The van der Waals surface area contributed by atoms with E-state index in [1.54, 1.807) is 6.92 Å². The summed E-state index contributed by atoms with van der Waals surface area (Å²) >= 11 is 2.97. The second-order valence-electron chi connectivity index (χ2n) is 4.17. The molecule has 3 nitrogen and oxygen atoms in total. The van der Waals surface area contributed by atoms with Crippen LogP contribution >= 0.6 is 15.9 Å². The molecule has 6 heteroatoms.